The van der Waals surface area contributed by atoms with Crippen molar-refractivity contribution in [1.29, 1.82) is 0 Å². The summed E-state index contributed by atoms with van der Waals surface area (Å²) in [5.74, 6) is -1.49. The maximum absolute atomic E-state index is 13.5. The van der Waals surface area contributed by atoms with Crippen molar-refractivity contribution in [2.24, 2.45) is 0 Å². The van der Waals surface area contributed by atoms with Crippen molar-refractivity contribution in [3.05, 3.63) is 70.9 Å². The van der Waals surface area contributed by atoms with Gasteiger partial charge in [-0.1, -0.05) is 6.07 Å². The lowest BCUT2D eigenvalue weighted by molar-refractivity contribution is 0.475. The summed E-state index contributed by atoms with van der Waals surface area (Å²) >= 11 is 0. The van der Waals surface area contributed by atoms with E-state index in [1.54, 1.807) is 18.2 Å². The number of phenolic OH excluding ortho intramolecular Hbond substituents is 1. The van der Waals surface area contributed by atoms with Gasteiger partial charge in [0.05, 0.1) is 12.2 Å². The number of nitrogens with zero attached hydrogens (tertiary/aromatic N) is 2. The van der Waals surface area contributed by atoms with Gasteiger partial charge in [-0.15, -0.1) is 0 Å². The highest BCUT2D eigenvalue weighted by atomic mass is 19.2. The zero-order valence-corrected chi connectivity index (χ0v) is 13.5. The Labute approximate surface area is 143 Å². The quantitative estimate of drug-likeness (QED) is 0.769. The van der Waals surface area contributed by atoms with Gasteiger partial charge in [0.15, 0.2) is 11.6 Å². The molecule has 2 aromatic carbocycles. The first-order valence-electron chi connectivity index (χ1n) is 8.14. The molecule has 25 heavy (non-hydrogen) atoms. The van der Waals surface area contributed by atoms with Crippen molar-refractivity contribution < 1.29 is 13.9 Å². The number of rotatable bonds is 3. The molecule has 3 aromatic rings. The van der Waals surface area contributed by atoms with E-state index >= 15 is 0 Å². The fourth-order valence-corrected chi connectivity index (χ4v) is 3.21. The number of hydrogen-bond donors (Lipinski definition) is 2. The van der Waals surface area contributed by atoms with Crippen LogP contribution in [0.5, 0.6) is 5.75 Å². The summed E-state index contributed by atoms with van der Waals surface area (Å²) in [6.07, 6.45) is 0.824. The monoisotopic (exact) mass is 341 g/mol. The van der Waals surface area contributed by atoms with E-state index in [1.807, 2.05) is 16.8 Å². The summed E-state index contributed by atoms with van der Waals surface area (Å²) in [7, 11) is 0. The number of halogens is 2. The highest BCUT2D eigenvalue weighted by Crippen LogP contribution is 2.29. The Morgan fingerprint density at radius 2 is 1.88 bits per heavy atom. The molecular weight excluding hydrogens is 324 g/mol. The third kappa shape index (κ3) is 3.00. The number of hydrogen-bond acceptors (Lipinski definition) is 3. The van der Waals surface area contributed by atoms with Gasteiger partial charge in [-0.3, -0.25) is 4.68 Å². The van der Waals surface area contributed by atoms with Crippen molar-refractivity contribution in [2.45, 2.75) is 19.5 Å². The molecule has 4 nitrogen and oxygen atoms in total. The van der Waals surface area contributed by atoms with Gasteiger partial charge in [0, 0.05) is 36.3 Å². The Bertz CT molecular complexity index is 919. The molecule has 0 amide bonds. The van der Waals surface area contributed by atoms with Gasteiger partial charge in [-0.25, -0.2) is 8.78 Å². The predicted octanol–water partition coefficient (Wildman–Crippen LogP) is 3.23. The molecule has 128 valence electrons. The van der Waals surface area contributed by atoms with Crippen LogP contribution in [0.15, 0.2) is 42.5 Å². The molecule has 4 rings (SSSR count). The SMILES string of the molecule is Oc1ccc(-c2nn(Cc3ccc(F)c(F)c3)c3c2CNCC3)cc1. The Balaban J connectivity index is 1.75. The van der Waals surface area contributed by atoms with Gasteiger partial charge in [-0.2, -0.15) is 5.10 Å². The summed E-state index contributed by atoms with van der Waals surface area (Å²) in [6.45, 7) is 1.95. The fraction of sp³-hybridized carbons (Fsp3) is 0.211. The lowest BCUT2D eigenvalue weighted by Crippen LogP contribution is -2.25. The summed E-state index contributed by atoms with van der Waals surface area (Å²) in [5, 5.41) is 17.5. The van der Waals surface area contributed by atoms with Crippen LogP contribution < -0.4 is 5.32 Å². The number of benzene rings is 2. The number of aromatic nitrogens is 2. The highest BCUT2D eigenvalue weighted by molar-refractivity contribution is 5.65. The first kappa shape index (κ1) is 15.8. The van der Waals surface area contributed by atoms with Gasteiger partial charge >= 0.3 is 0 Å². The standard InChI is InChI=1S/C19H17F2N3O/c20-16-6-1-12(9-17(16)21)11-24-18-7-8-22-10-15(18)19(23-24)13-2-4-14(25)5-3-13/h1-6,9,22,25H,7-8,10-11H2. The van der Waals surface area contributed by atoms with Crippen LogP contribution in [0.4, 0.5) is 8.78 Å². The minimum absolute atomic E-state index is 0.206. The molecule has 1 aliphatic rings. The first-order chi connectivity index (χ1) is 12.1. The van der Waals surface area contributed by atoms with Gasteiger partial charge < -0.3 is 10.4 Å². The van der Waals surface area contributed by atoms with E-state index in [9.17, 15) is 13.9 Å². The van der Waals surface area contributed by atoms with Crippen LogP contribution >= 0.6 is 0 Å². The zero-order chi connectivity index (χ0) is 17.4. The number of aromatic hydroxyl groups is 1. The molecular formula is C19H17F2N3O. The highest BCUT2D eigenvalue weighted by Gasteiger charge is 2.21. The molecule has 2 N–H and O–H groups in total. The van der Waals surface area contributed by atoms with Crippen molar-refractivity contribution in [2.75, 3.05) is 6.54 Å². The first-order valence-corrected chi connectivity index (χ1v) is 8.14. The molecule has 0 saturated carbocycles. The van der Waals surface area contributed by atoms with Crippen molar-refractivity contribution in [1.82, 2.24) is 15.1 Å². The zero-order valence-electron chi connectivity index (χ0n) is 13.5. The van der Waals surface area contributed by atoms with Gasteiger partial charge in [0.25, 0.3) is 0 Å². The van der Waals surface area contributed by atoms with Crippen LogP contribution in [0.1, 0.15) is 16.8 Å². The van der Waals surface area contributed by atoms with Crippen LogP contribution in [-0.4, -0.2) is 21.4 Å². The molecule has 0 atom stereocenters. The van der Waals surface area contributed by atoms with E-state index in [-0.39, 0.29) is 5.75 Å². The third-order valence-corrected chi connectivity index (χ3v) is 4.46. The fourth-order valence-electron chi connectivity index (χ4n) is 3.21. The van der Waals surface area contributed by atoms with Crippen LogP contribution in [0.3, 0.4) is 0 Å². The van der Waals surface area contributed by atoms with Crippen LogP contribution in [-0.2, 0) is 19.5 Å². The smallest absolute Gasteiger partial charge is 0.159 e. The Hall–Kier alpha value is -2.73. The summed E-state index contributed by atoms with van der Waals surface area (Å²) in [6, 6.07) is 10.9. The summed E-state index contributed by atoms with van der Waals surface area (Å²) in [5.41, 5.74) is 4.65. The molecule has 1 aliphatic heterocycles. The van der Waals surface area contributed by atoms with E-state index in [4.69, 9.17) is 5.10 Å². The molecule has 2 heterocycles. The molecule has 0 bridgehead atoms. The minimum Gasteiger partial charge on any atom is -0.508 e. The number of fused-ring (bicyclic) bond motifs is 1. The molecule has 0 saturated heterocycles. The Morgan fingerprint density at radius 3 is 2.64 bits per heavy atom. The molecule has 0 spiro atoms. The molecule has 0 aliphatic carbocycles. The van der Waals surface area contributed by atoms with Crippen molar-refractivity contribution in [3.63, 3.8) is 0 Å². The van der Waals surface area contributed by atoms with E-state index in [2.05, 4.69) is 5.32 Å². The van der Waals surface area contributed by atoms with E-state index in [0.717, 1.165) is 41.5 Å². The second-order valence-electron chi connectivity index (χ2n) is 6.15. The average Bonchev–Trinajstić information content (AvgIpc) is 2.98. The largest absolute Gasteiger partial charge is 0.508 e. The topological polar surface area (TPSA) is 50.1 Å². The lowest BCUT2D eigenvalue weighted by atomic mass is 10.0. The van der Waals surface area contributed by atoms with Crippen LogP contribution in [0.2, 0.25) is 0 Å². The maximum Gasteiger partial charge on any atom is 0.159 e. The van der Waals surface area contributed by atoms with E-state index in [1.165, 1.54) is 6.07 Å². The molecule has 0 radical (unpaired) electrons. The average molecular weight is 341 g/mol. The minimum atomic E-state index is -0.848. The normalized spacial score (nSPS) is 13.7. The summed E-state index contributed by atoms with van der Waals surface area (Å²) < 4.78 is 28.5. The molecule has 1 aromatic heterocycles. The van der Waals surface area contributed by atoms with Crippen molar-refractivity contribution >= 4 is 0 Å². The van der Waals surface area contributed by atoms with Crippen molar-refractivity contribution in [3.8, 4) is 17.0 Å². The number of phenols is 1. The Morgan fingerprint density at radius 1 is 1.08 bits per heavy atom. The predicted molar refractivity (Wildman–Crippen MR) is 90.2 cm³/mol. The van der Waals surface area contributed by atoms with Gasteiger partial charge in [-0.05, 0) is 42.0 Å². The maximum atomic E-state index is 13.5. The van der Waals surface area contributed by atoms with Gasteiger partial charge in [0.1, 0.15) is 5.75 Å². The lowest BCUT2D eigenvalue weighted by Gasteiger charge is -2.16. The molecule has 0 fully saturated rings. The number of nitrogens with one attached hydrogen (secondary N) is 1. The summed E-state index contributed by atoms with van der Waals surface area (Å²) in [4.78, 5) is 0. The Kier molecular flexibility index (Phi) is 3.97. The molecule has 6 heteroatoms. The van der Waals surface area contributed by atoms with E-state index < -0.39 is 11.6 Å². The van der Waals surface area contributed by atoms with Gasteiger partial charge in [0.2, 0.25) is 0 Å². The second kappa shape index (κ2) is 6.29. The third-order valence-electron chi connectivity index (χ3n) is 4.46. The second-order valence-corrected chi connectivity index (χ2v) is 6.15. The molecule has 0 unspecified atom stereocenters. The van der Waals surface area contributed by atoms with Crippen LogP contribution in [0, 0.1) is 11.6 Å². The van der Waals surface area contributed by atoms with Crippen LogP contribution in [0.25, 0.3) is 11.3 Å². The van der Waals surface area contributed by atoms with E-state index in [0.29, 0.717) is 18.7 Å².